The van der Waals surface area contributed by atoms with Crippen LogP contribution in [0.3, 0.4) is 0 Å². The van der Waals surface area contributed by atoms with E-state index in [1.165, 1.54) is 11.8 Å². The van der Waals surface area contributed by atoms with Crippen molar-refractivity contribution in [2.75, 3.05) is 13.2 Å². The summed E-state index contributed by atoms with van der Waals surface area (Å²) in [6.45, 7) is 13.1. The summed E-state index contributed by atoms with van der Waals surface area (Å²) in [4.78, 5) is 33.2. The fourth-order valence-electron chi connectivity index (χ4n) is 3.84. The van der Waals surface area contributed by atoms with Gasteiger partial charge in [-0.2, -0.15) is 0 Å². The van der Waals surface area contributed by atoms with Gasteiger partial charge in [0.2, 0.25) is 0 Å². The lowest BCUT2D eigenvalue weighted by molar-refractivity contribution is 0.0525. The van der Waals surface area contributed by atoms with E-state index in [1.807, 2.05) is 13.8 Å². The fraction of sp³-hybridized carbons (Fsp3) is 0.591. The number of nitrogens with zero attached hydrogens (tertiary/aromatic N) is 2. The predicted molar refractivity (Wildman–Crippen MR) is 117 cm³/mol. The highest BCUT2D eigenvalue weighted by atomic mass is 32.2. The number of hydrogen-bond donors (Lipinski definition) is 1. The van der Waals surface area contributed by atoms with Crippen molar-refractivity contribution in [3.8, 4) is 0 Å². The normalized spacial score (nSPS) is 17.3. The highest BCUT2D eigenvalue weighted by Gasteiger charge is 2.28. The number of carbonyl (C=O) groups excluding carboxylic acids is 2. The maximum atomic E-state index is 13.2. The second-order valence-electron chi connectivity index (χ2n) is 7.78. The summed E-state index contributed by atoms with van der Waals surface area (Å²) < 4.78 is 13.1. The molecule has 164 valence electrons. The molecule has 0 saturated carbocycles. The van der Waals surface area contributed by atoms with Crippen LogP contribution in [0, 0.1) is 27.7 Å². The zero-order chi connectivity index (χ0) is 22.0. The van der Waals surface area contributed by atoms with Crippen molar-refractivity contribution in [2.24, 2.45) is 0 Å². The minimum Gasteiger partial charge on any atom is -0.462 e. The fourth-order valence-corrected chi connectivity index (χ4v) is 4.91. The van der Waals surface area contributed by atoms with Gasteiger partial charge in [0.25, 0.3) is 0 Å². The number of imidazole rings is 1. The lowest BCUT2D eigenvalue weighted by Crippen LogP contribution is -2.19. The summed E-state index contributed by atoms with van der Waals surface area (Å²) in [5, 5.41) is 0.467. The second kappa shape index (κ2) is 9.39. The highest BCUT2D eigenvalue weighted by molar-refractivity contribution is 8.00. The van der Waals surface area contributed by atoms with Gasteiger partial charge in [0.1, 0.15) is 0 Å². The molecule has 1 aliphatic heterocycles. The molecule has 8 heteroatoms. The first-order valence-corrected chi connectivity index (χ1v) is 11.3. The van der Waals surface area contributed by atoms with Crippen LogP contribution in [-0.2, 0) is 16.0 Å². The summed E-state index contributed by atoms with van der Waals surface area (Å²) in [6.07, 6.45) is 2.33. The zero-order valence-electron chi connectivity index (χ0n) is 18.6. The van der Waals surface area contributed by atoms with Crippen molar-refractivity contribution < 1.29 is 19.1 Å². The maximum absolute atomic E-state index is 13.2. The predicted octanol–water partition coefficient (Wildman–Crippen LogP) is 4.16. The number of H-pyrrole nitrogens is 1. The van der Waals surface area contributed by atoms with Crippen molar-refractivity contribution in [2.45, 2.75) is 77.4 Å². The number of nitrogens with one attached hydrogen (secondary N) is 1. The molecule has 3 heterocycles. The van der Waals surface area contributed by atoms with E-state index >= 15 is 0 Å². The number of aromatic amines is 1. The Morgan fingerprint density at radius 3 is 2.70 bits per heavy atom. The minimum atomic E-state index is -0.401. The maximum Gasteiger partial charge on any atom is 0.340 e. The van der Waals surface area contributed by atoms with E-state index in [2.05, 4.69) is 16.5 Å². The van der Waals surface area contributed by atoms with Crippen LogP contribution in [0.4, 0.5) is 0 Å². The van der Waals surface area contributed by atoms with Crippen LogP contribution in [0.2, 0.25) is 0 Å². The van der Waals surface area contributed by atoms with Crippen LogP contribution in [0.15, 0.2) is 5.16 Å². The smallest absolute Gasteiger partial charge is 0.340 e. The monoisotopic (exact) mass is 433 g/mol. The average molecular weight is 434 g/mol. The number of aryl methyl sites for hydroxylation is 2. The molecule has 0 amide bonds. The number of ether oxygens (including phenoxy) is 2. The Kier molecular flexibility index (Phi) is 7.08. The molecule has 1 fully saturated rings. The molecule has 0 spiro atoms. The Balaban J connectivity index is 1.81. The van der Waals surface area contributed by atoms with Crippen LogP contribution in [0.1, 0.15) is 70.2 Å². The molecule has 7 nitrogen and oxygen atoms in total. The van der Waals surface area contributed by atoms with E-state index in [0.717, 1.165) is 42.5 Å². The van der Waals surface area contributed by atoms with Gasteiger partial charge in [-0.3, -0.25) is 4.79 Å². The third-order valence-electron chi connectivity index (χ3n) is 5.65. The average Bonchev–Trinajstić information content (AvgIpc) is 3.37. The Bertz CT molecular complexity index is 941. The topological polar surface area (TPSA) is 86.2 Å². The molecule has 0 aromatic carbocycles. The molecule has 2 unspecified atom stereocenters. The molecular weight excluding hydrogens is 402 g/mol. The molecule has 1 N–H and O–H groups in total. The van der Waals surface area contributed by atoms with Crippen molar-refractivity contribution in [1.29, 1.82) is 0 Å². The number of Topliss-reactive ketones (excluding diaryl/α,β-unsaturated/α-hetero) is 1. The van der Waals surface area contributed by atoms with Gasteiger partial charge in [-0.15, -0.1) is 0 Å². The summed E-state index contributed by atoms with van der Waals surface area (Å²) in [5.41, 5.74) is 4.26. The van der Waals surface area contributed by atoms with Gasteiger partial charge in [-0.1, -0.05) is 11.8 Å². The van der Waals surface area contributed by atoms with E-state index < -0.39 is 5.97 Å². The van der Waals surface area contributed by atoms with Crippen molar-refractivity contribution in [1.82, 2.24) is 14.5 Å². The molecule has 2 aromatic rings. The number of aromatic nitrogens is 3. The number of thioether (sulfide) groups is 1. The molecule has 3 rings (SSSR count). The number of esters is 1. The molecule has 2 aromatic heterocycles. The Morgan fingerprint density at radius 1 is 1.33 bits per heavy atom. The number of ketones is 1. The van der Waals surface area contributed by atoms with Crippen LogP contribution < -0.4 is 0 Å². The van der Waals surface area contributed by atoms with Gasteiger partial charge in [0.15, 0.2) is 10.9 Å². The first kappa shape index (κ1) is 22.6. The lowest BCUT2D eigenvalue weighted by Gasteiger charge is -2.16. The van der Waals surface area contributed by atoms with Gasteiger partial charge in [0, 0.05) is 18.0 Å². The molecule has 0 bridgehead atoms. The number of carbonyl (C=O) groups is 2. The standard InChI is InChI=1S/C22H31N3O4S/c1-7-28-21(27)18-12(2)19(23-14(18)4)20(26)16(6)30-22-24-13(3)15(5)25(22)11-17-9-8-10-29-17/h16-17,23H,7-11H2,1-6H3. The van der Waals surface area contributed by atoms with Gasteiger partial charge in [0.05, 0.1) is 41.5 Å². The van der Waals surface area contributed by atoms with Crippen LogP contribution >= 0.6 is 11.8 Å². The SMILES string of the molecule is CCOC(=O)c1c(C)[nH]c(C(=O)C(C)Sc2nc(C)c(C)n2CC2CCCO2)c1C. The van der Waals surface area contributed by atoms with Gasteiger partial charge < -0.3 is 19.0 Å². The lowest BCUT2D eigenvalue weighted by atomic mass is 10.1. The molecule has 0 aliphatic carbocycles. The van der Waals surface area contributed by atoms with Crippen molar-refractivity contribution in [3.63, 3.8) is 0 Å². The van der Waals surface area contributed by atoms with E-state index in [-0.39, 0.29) is 17.1 Å². The Hall–Kier alpha value is -2.06. The molecule has 1 aliphatic rings. The third-order valence-corrected chi connectivity index (χ3v) is 6.74. The van der Waals surface area contributed by atoms with Crippen LogP contribution in [0.25, 0.3) is 0 Å². The zero-order valence-corrected chi connectivity index (χ0v) is 19.4. The van der Waals surface area contributed by atoms with E-state index in [0.29, 0.717) is 29.1 Å². The van der Waals surface area contributed by atoms with Crippen LogP contribution in [0.5, 0.6) is 0 Å². The number of rotatable bonds is 8. The molecular formula is C22H31N3O4S. The molecule has 0 radical (unpaired) electrons. The van der Waals surface area contributed by atoms with Crippen LogP contribution in [-0.4, -0.2) is 50.9 Å². The summed E-state index contributed by atoms with van der Waals surface area (Å²) in [6, 6.07) is 0. The summed E-state index contributed by atoms with van der Waals surface area (Å²) in [5.74, 6) is -0.459. The highest BCUT2D eigenvalue weighted by Crippen LogP contribution is 2.30. The van der Waals surface area contributed by atoms with Gasteiger partial charge >= 0.3 is 5.97 Å². The van der Waals surface area contributed by atoms with E-state index in [1.54, 1.807) is 20.8 Å². The summed E-state index contributed by atoms with van der Waals surface area (Å²) >= 11 is 1.44. The summed E-state index contributed by atoms with van der Waals surface area (Å²) in [7, 11) is 0. The van der Waals surface area contributed by atoms with Crippen molar-refractivity contribution >= 4 is 23.5 Å². The first-order valence-electron chi connectivity index (χ1n) is 10.5. The quantitative estimate of drug-likeness (QED) is 0.382. The first-order chi connectivity index (χ1) is 14.2. The molecule has 2 atom stereocenters. The second-order valence-corrected chi connectivity index (χ2v) is 9.09. The number of hydrogen-bond acceptors (Lipinski definition) is 6. The van der Waals surface area contributed by atoms with Gasteiger partial charge in [-0.25, -0.2) is 9.78 Å². The Labute approximate surface area is 181 Å². The third kappa shape index (κ3) is 4.49. The molecule has 30 heavy (non-hydrogen) atoms. The molecule has 1 saturated heterocycles. The van der Waals surface area contributed by atoms with E-state index in [9.17, 15) is 9.59 Å². The van der Waals surface area contributed by atoms with Gasteiger partial charge in [-0.05, 0) is 59.9 Å². The van der Waals surface area contributed by atoms with E-state index in [4.69, 9.17) is 14.5 Å². The Morgan fingerprint density at radius 2 is 2.07 bits per heavy atom. The minimum absolute atomic E-state index is 0.0573. The largest absolute Gasteiger partial charge is 0.462 e. The van der Waals surface area contributed by atoms with Crippen molar-refractivity contribution in [3.05, 3.63) is 33.9 Å².